The number of hydrogen-bond donors (Lipinski definition) is 0. The molecule has 0 N–H and O–H groups in total. The smallest absolute Gasteiger partial charge is 0.309 e. The Labute approximate surface area is 107 Å². The van der Waals surface area contributed by atoms with E-state index in [-0.39, 0.29) is 12.8 Å². The zero-order valence-corrected chi connectivity index (χ0v) is 11.2. The summed E-state index contributed by atoms with van der Waals surface area (Å²) in [6.45, 7) is 5.22. The first-order valence-electron chi connectivity index (χ1n) is 5.39. The quantitative estimate of drug-likeness (QED) is 0.560. The molecule has 0 fully saturated rings. The molecule has 0 saturated carbocycles. The number of carbonyl (C=O) groups excluding carboxylic acids is 1. The van der Waals surface area contributed by atoms with Crippen LogP contribution in [0.3, 0.4) is 0 Å². The zero-order chi connectivity index (χ0) is 13.5. The largest absolute Gasteiger partial charge is 0.460 e. The van der Waals surface area contributed by atoms with Gasteiger partial charge < -0.3 is 4.74 Å². The second kappa shape index (κ2) is 6.47. The van der Waals surface area contributed by atoms with Gasteiger partial charge in [-0.25, -0.2) is 0 Å². The molecule has 0 spiro atoms. The molecule has 5 heteroatoms. The van der Waals surface area contributed by atoms with Gasteiger partial charge in [-0.2, -0.15) is 10.5 Å². The predicted octanol–water partition coefficient (Wildman–Crippen LogP) is 2.77. The van der Waals surface area contributed by atoms with Crippen LogP contribution in [0.25, 0.3) is 0 Å². The molecule has 0 atom stereocenters. The Balaban J connectivity index is 4.62. The topological polar surface area (TPSA) is 73.9 Å². The van der Waals surface area contributed by atoms with Gasteiger partial charge in [0.1, 0.15) is 5.60 Å². The highest BCUT2D eigenvalue weighted by atomic mass is 35.5. The van der Waals surface area contributed by atoms with E-state index >= 15 is 0 Å². The third kappa shape index (κ3) is 6.14. The second-order valence-electron chi connectivity index (χ2n) is 4.86. The van der Waals surface area contributed by atoms with Gasteiger partial charge in [-0.15, -0.1) is 11.6 Å². The van der Waals surface area contributed by atoms with Crippen molar-refractivity contribution in [2.24, 2.45) is 5.41 Å². The fourth-order valence-corrected chi connectivity index (χ4v) is 1.43. The second-order valence-corrected chi connectivity index (χ2v) is 5.24. The van der Waals surface area contributed by atoms with E-state index in [1.807, 2.05) is 12.1 Å². The molecule has 0 aliphatic rings. The molecular weight excluding hydrogens is 240 g/mol. The minimum absolute atomic E-state index is 0.214. The van der Waals surface area contributed by atoms with E-state index < -0.39 is 17.0 Å². The monoisotopic (exact) mass is 256 g/mol. The standard InChI is InChI=1S/C12H17ClN2O2/c1-11(2,3)17-10(16)7-12(8-14,9-15)5-4-6-13/h4-7H2,1-3H3. The van der Waals surface area contributed by atoms with Crippen molar-refractivity contribution in [3.8, 4) is 12.1 Å². The van der Waals surface area contributed by atoms with E-state index in [0.29, 0.717) is 12.3 Å². The molecule has 0 radical (unpaired) electrons. The van der Waals surface area contributed by atoms with Crippen molar-refractivity contribution in [1.82, 2.24) is 0 Å². The van der Waals surface area contributed by atoms with Crippen molar-refractivity contribution in [1.29, 1.82) is 10.5 Å². The van der Waals surface area contributed by atoms with Gasteiger partial charge >= 0.3 is 5.97 Å². The van der Waals surface area contributed by atoms with Crippen LogP contribution >= 0.6 is 11.6 Å². The molecule has 0 bridgehead atoms. The van der Waals surface area contributed by atoms with E-state index in [4.69, 9.17) is 26.9 Å². The van der Waals surface area contributed by atoms with E-state index in [9.17, 15) is 4.79 Å². The summed E-state index contributed by atoms with van der Waals surface area (Å²) < 4.78 is 5.10. The summed E-state index contributed by atoms with van der Waals surface area (Å²) in [4.78, 5) is 11.6. The highest BCUT2D eigenvalue weighted by Gasteiger charge is 2.34. The lowest BCUT2D eigenvalue weighted by Crippen LogP contribution is -2.29. The molecular formula is C12H17ClN2O2. The number of rotatable bonds is 5. The van der Waals surface area contributed by atoms with Crippen LogP contribution < -0.4 is 0 Å². The molecule has 0 unspecified atom stereocenters. The first-order valence-corrected chi connectivity index (χ1v) is 5.92. The molecule has 0 aromatic rings. The zero-order valence-electron chi connectivity index (χ0n) is 10.4. The SMILES string of the molecule is CC(C)(C)OC(=O)CC(C#N)(C#N)CCCCl. The molecule has 0 aromatic carbocycles. The van der Waals surface area contributed by atoms with Gasteiger partial charge in [-0.1, -0.05) is 0 Å². The molecule has 0 aliphatic carbocycles. The molecule has 0 heterocycles. The van der Waals surface area contributed by atoms with Crippen molar-refractivity contribution >= 4 is 17.6 Å². The van der Waals surface area contributed by atoms with Crippen LogP contribution in [0.15, 0.2) is 0 Å². The Kier molecular flexibility index (Phi) is 5.99. The fourth-order valence-electron chi connectivity index (χ4n) is 1.30. The van der Waals surface area contributed by atoms with Crippen LogP contribution in [0, 0.1) is 28.1 Å². The summed E-state index contributed by atoms with van der Waals surface area (Å²) in [6.07, 6.45) is 0.586. The molecule has 17 heavy (non-hydrogen) atoms. The molecule has 0 amide bonds. The van der Waals surface area contributed by atoms with Crippen molar-refractivity contribution in [3.05, 3.63) is 0 Å². The Morgan fingerprint density at radius 2 is 1.82 bits per heavy atom. The van der Waals surface area contributed by atoms with E-state index in [0.717, 1.165) is 0 Å². The van der Waals surface area contributed by atoms with Gasteiger partial charge in [-0.3, -0.25) is 4.79 Å². The van der Waals surface area contributed by atoms with Crippen LogP contribution in [-0.4, -0.2) is 17.5 Å². The third-order valence-electron chi connectivity index (χ3n) is 2.03. The summed E-state index contributed by atoms with van der Waals surface area (Å²) in [5.74, 6) is -0.172. The number of ether oxygens (including phenoxy) is 1. The van der Waals surface area contributed by atoms with Crippen LogP contribution in [0.5, 0.6) is 0 Å². The molecule has 94 valence electrons. The third-order valence-corrected chi connectivity index (χ3v) is 2.30. The van der Waals surface area contributed by atoms with Crippen LogP contribution in [0.4, 0.5) is 0 Å². The maximum absolute atomic E-state index is 11.6. The van der Waals surface area contributed by atoms with Gasteiger partial charge in [0, 0.05) is 5.88 Å². The van der Waals surface area contributed by atoms with Crippen molar-refractivity contribution in [2.75, 3.05) is 5.88 Å². The van der Waals surface area contributed by atoms with Gasteiger partial charge in [0.2, 0.25) is 0 Å². The molecule has 0 aromatic heterocycles. The number of nitrogens with zero attached hydrogens (tertiary/aromatic N) is 2. The lowest BCUT2D eigenvalue weighted by atomic mass is 9.83. The van der Waals surface area contributed by atoms with Crippen molar-refractivity contribution in [2.45, 2.75) is 45.6 Å². The first-order chi connectivity index (χ1) is 7.78. The highest BCUT2D eigenvalue weighted by molar-refractivity contribution is 6.17. The number of esters is 1. The van der Waals surface area contributed by atoms with Crippen molar-refractivity contribution in [3.63, 3.8) is 0 Å². The van der Waals surface area contributed by atoms with Gasteiger partial charge in [0.05, 0.1) is 18.6 Å². The summed E-state index contributed by atoms with van der Waals surface area (Å²) in [6, 6.07) is 3.79. The Bertz CT molecular complexity index is 333. The Morgan fingerprint density at radius 3 is 2.18 bits per heavy atom. The molecule has 0 rings (SSSR count). The van der Waals surface area contributed by atoms with E-state index in [1.54, 1.807) is 20.8 Å². The normalized spacial score (nSPS) is 11.4. The number of halogens is 1. The maximum atomic E-state index is 11.6. The molecule has 4 nitrogen and oxygen atoms in total. The summed E-state index contributed by atoms with van der Waals surface area (Å²) in [5.41, 5.74) is -1.93. The highest BCUT2D eigenvalue weighted by Crippen LogP contribution is 2.28. The average Bonchev–Trinajstić information content (AvgIpc) is 2.21. The number of carbonyl (C=O) groups is 1. The number of hydrogen-bond acceptors (Lipinski definition) is 4. The minimum atomic E-state index is -1.32. The number of alkyl halides is 1. The molecule has 0 aliphatic heterocycles. The van der Waals surface area contributed by atoms with E-state index in [2.05, 4.69) is 0 Å². The summed E-state index contributed by atoms with van der Waals surface area (Å²) in [5, 5.41) is 18.1. The van der Waals surface area contributed by atoms with Gasteiger partial charge in [0.25, 0.3) is 0 Å². The maximum Gasteiger partial charge on any atom is 0.309 e. The average molecular weight is 257 g/mol. The Morgan fingerprint density at radius 1 is 1.29 bits per heavy atom. The molecule has 0 saturated heterocycles. The van der Waals surface area contributed by atoms with E-state index in [1.165, 1.54) is 0 Å². The van der Waals surface area contributed by atoms with Gasteiger partial charge in [-0.05, 0) is 33.6 Å². The Hall–Kier alpha value is -1.26. The summed E-state index contributed by atoms with van der Waals surface area (Å²) in [7, 11) is 0. The first kappa shape index (κ1) is 15.7. The lowest BCUT2D eigenvalue weighted by molar-refractivity contribution is -0.156. The predicted molar refractivity (Wildman–Crippen MR) is 64.1 cm³/mol. The van der Waals surface area contributed by atoms with Crippen LogP contribution in [0.1, 0.15) is 40.0 Å². The summed E-state index contributed by atoms with van der Waals surface area (Å²) >= 11 is 5.53. The van der Waals surface area contributed by atoms with Gasteiger partial charge in [0.15, 0.2) is 5.41 Å². The van der Waals surface area contributed by atoms with Crippen LogP contribution in [-0.2, 0) is 9.53 Å². The fraction of sp³-hybridized carbons (Fsp3) is 0.750. The number of nitriles is 2. The minimum Gasteiger partial charge on any atom is -0.460 e. The van der Waals surface area contributed by atoms with Crippen LogP contribution in [0.2, 0.25) is 0 Å². The van der Waals surface area contributed by atoms with Crippen molar-refractivity contribution < 1.29 is 9.53 Å². The lowest BCUT2D eigenvalue weighted by Gasteiger charge is -2.23.